The second kappa shape index (κ2) is 7.45. The predicted octanol–water partition coefficient (Wildman–Crippen LogP) is 2.83. The smallest absolute Gasteiger partial charge is 0.252 e. The van der Waals surface area contributed by atoms with Crippen LogP contribution in [0.3, 0.4) is 0 Å². The molecule has 124 valence electrons. The molecule has 2 amide bonds. The molecule has 0 radical (unpaired) electrons. The lowest BCUT2D eigenvalue weighted by Crippen LogP contribution is -2.30. The maximum Gasteiger partial charge on any atom is 0.252 e. The second-order valence-electron chi connectivity index (χ2n) is 5.63. The number of amides is 2. The molecule has 1 aliphatic rings. The minimum absolute atomic E-state index is 0.0617. The summed E-state index contributed by atoms with van der Waals surface area (Å²) in [6.45, 7) is 1.12. The molecule has 2 aromatic rings. The van der Waals surface area contributed by atoms with Crippen molar-refractivity contribution in [2.75, 3.05) is 18.0 Å². The summed E-state index contributed by atoms with van der Waals surface area (Å²) >= 11 is 6.17. The third kappa shape index (κ3) is 3.57. The van der Waals surface area contributed by atoms with E-state index in [4.69, 9.17) is 11.6 Å². The number of hydrogen-bond donors (Lipinski definition) is 1. The summed E-state index contributed by atoms with van der Waals surface area (Å²) in [5.41, 5.74) is 2.47. The van der Waals surface area contributed by atoms with Crippen molar-refractivity contribution in [1.82, 2.24) is 10.3 Å². The zero-order valence-electron chi connectivity index (χ0n) is 13.2. The van der Waals surface area contributed by atoms with Crippen LogP contribution in [-0.2, 0) is 11.2 Å². The van der Waals surface area contributed by atoms with Crippen molar-refractivity contribution in [3.05, 3.63) is 58.9 Å². The molecule has 1 aromatic heterocycles. The van der Waals surface area contributed by atoms with Crippen LogP contribution in [0.5, 0.6) is 0 Å². The van der Waals surface area contributed by atoms with Crippen LogP contribution in [0.15, 0.2) is 42.7 Å². The molecule has 1 aromatic carbocycles. The zero-order valence-corrected chi connectivity index (χ0v) is 13.9. The van der Waals surface area contributed by atoms with Crippen LogP contribution in [0.4, 0.5) is 5.69 Å². The van der Waals surface area contributed by atoms with E-state index in [2.05, 4.69) is 10.3 Å². The normalized spacial score (nSPS) is 12.8. The Labute approximate surface area is 145 Å². The third-order valence-electron chi connectivity index (χ3n) is 4.05. The fourth-order valence-electron chi connectivity index (χ4n) is 2.83. The number of nitrogens with one attached hydrogen (secondary N) is 1. The van der Waals surface area contributed by atoms with Gasteiger partial charge < -0.3 is 10.2 Å². The largest absolute Gasteiger partial charge is 0.352 e. The maximum atomic E-state index is 12.4. The van der Waals surface area contributed by atoms with Crippen LogP contribution in [0.2, 0.25) is 5.02 Å². The topological polar surface area (TPSA) is 62.3 Å². The molecule has 6 heteroatoms. The molecule has 1 N–H and O–H groups in total. The number of halogens is 1. The van der Waals surface area contributed by atoms with Crippen molar-refractivity contribution < 1.29 is 9.59 Å². The minimum atomic E-state index is -0.172. The van der Waals surface area contributed by atoms with E-state index in [1.165, 1.54) is 6.20 Å². The Balaban J connectivity index is 1.48. The van der Waals surface area contributed by atoms with Crippen molar-refractivity contribution in [3.63, 3.8) is 0 Å². The summed E-state index contributed by atoms with van der Waals surface area (Å²) in [6, 6.07) is 9.06. The van der Waals surface area contributed by atoms with Gasteiger partial charge in [0.2, 0.25) is 5.91 Å². The van der Waals surface area contributed by atoms with Crippen molar-refractivity contribution in [1.29, 1.82) is 0 Å². The molecule has 0 saturated heterocycles. The van der Waals surface area contributed by atoms with Crippen molar-refractivity contribution in [2.45, 2.75) is 19.3 Å². The van der Waals surface area contributed by atoms with Crippen LogP contribution in [0.1, 0.15) is 28.8 Å². The van der Waals surface area contributed by atoms with E-state index < -0.39 is 0 Å². The number of pyridine rings is 1. The number of rotatable bonds is 5. The van der Waals surface area contributed by atoms with E-state index >= 15 is 0 Å². The number of nitrogens with zero attached hydrogens (tertiary/aromatic N) is 2. The highest BCUT2D eigenvalue weighted by Gasteiger charge is 2.25. The Hall–Kier alpha value is -2.40. The van der Waals surface area contributed by atoms with Gasteiger partial charge in [-0.1, -0.05) is 17.7 Å². The molecule has 2 heterocycles. The summed E-state index contributed by atoms with van der Waals surface area (Å²) in [5, 5.41) is 3.52. The Morgan fingerprint density at radius 2 is 2.12 bits per heavy atom. The molecule has 0 spiro atoms. The van der Waals surface area contributed by atoms with E-state index in [0.29, 0.717) is 36.5 Å². The van der Waals surface area contributed by atoms with E-state index in [1.54, 1.807) is 23.2 Å². The summed E-state index contributed by atoms with van der Waals surface area (Å²) in [5.74, 6) is -0.111. The van der Waals surface area contributed by atoms with Crippen molar-refractivity contribution in [3.8, 4) is 0 Å². The van der Waals surface area contributed by atoms with Gasteiger partial charge >= 0.3 is 0 Å². The monoisotopic (exact) mass is 343 g/mol. The third-order valence-corrected chi connectivity index (χ3v) is 4.40. The molecule has 0 saturated carbocycles. The van der Waals surface area contributed by atoms with E-state index in [1.807, 2.05) is 18.2 Å². The molecule has 0 bridgehead atoms. The molecule has 0 unspecified atom stereocenters. The van der Waals surface area contributed by atoms with E-state index in [0.717, 1.165) is 17.7 Å². The lowest BCUT2D eigenvalue weighted by atomic mass is 10.2. The van der Waals surface area contributed by atoms with E-state index in [9.17, 15) is 9.59 Å². The summed E-state index contributed by atoms with van der Waals surface area (Å²) in [4.78, 5) is 30.0. The van der Waals surface area contributed by atoms with Gasteiger partial charge in [0.25, 0.3) is 5.91 Å². The highest BCUT2D eigenvalue weighted by Crippen LogP contribution is 2.33. The average Bonchev–Trinajstić information content (AvgIpc) is 3.04. The summed E-state index contributed by atoms with van der Waals surface area (Å²) in [7, 11) is 0. The standard InChI is InChI=1S/C18H18ClN3O2/c19-15-5-1-6-16-14(15)8-11-22(16)17(23)7-3-10-21-18(24)13-4-2-9-20-12-13/h1-2,4-6,9,12H,3,7-8,10-11H2,(H,21,24). The Kier molecular flexibility index (Phi) is 5.11. The second-order valence-corrected chi connectivity index (χ2v) is 6.04. The number of hydrogen-bond acceptors (Lipinski definition) is 3. The number of carbonyl (C=O) groups excluding carboxylic acids is 2. The molecular formula is C18H18ClN3O2. The zero-order chi connectivity index (χ0) is 16.9. The molecule has 0 fully saturated rings. The Morgan fingerprint density at radius 3 is 2.92 bits per heavy atom. The SMILES string of the molecule is O=C(NCCCC(=O)N1CCc2c(Cl)cccc21)c1cccnc1. The van der Waals surface area contributed by atoms with Gasteiger partial charge in [0, 0.05) is 42.6 Å². The first-order chi connectivity index (χ1) is 11.7. The molecule has 0 atom stereocenters. The molecule has 5 nitrogen and oxygen atoms in total. The lowest BCUT2D eigenvalue weighted by molar-refractivity contribution is -0.118. The van der Waals surface area contributed by atoms with Crippen molar-refractivity contribution >= 4 is 29.1 Å². The number of aromatic nitrogens is 1. The van der Waals surface area contributed by atoms with Gasteiger partial charge in [0.15, 0.2) is 0 Å². The van der Waals surface area contributed by atoms with Crippen LogP contribution in [-0.4, -0.2) is 29.9 Å². The quantitative estimate of drug-likeness (QED) is 0.849. The predicted molar refractivity (Wildman–Crippen MR) is 93.3 cm³/mol. The van der Waals surface area contributed by atoms with Crippen LogP contribution >= 0.6 is 11.6 Å². The highest BCUT2D eigenvalue weighted by molar-refractivity contribution is 6.32. The summed E-state index contributed by atoms with van der Waals surface area (Å²) < 4.78 is 0. The summed E-state index contributed by atoms with van der Waals surface area (Å²) in [6.07, 6.45) is 4.91. The Morgan fingerprint density at radius 1 is 1.25 bits per heavy atom. The molecule has 0 aliphatic carbocycles. The fraction of sp³-hybridized carbons (Fsp3) is 0.278. The van der Waals surface area contributed by atoms with Gasteiger partial charge in [-0.05, 0) is 42.7 Å². The van der Waals surface area contributed by atoms with Crippen LogP contribution in [0, 0.1) is 0 Å². The number of benzene rings is 1. The van der Waals surface area contributed by atoms with Gasteiger partial charge in [-0.3, -0.25) is 14.6 Å². The lowest BCUT2D eigenvalue weighted by Gasteiger charge is -2.17. The minimum Gasteiger partial charge on any atom is -0.352 e. The number of anilines is 1. The molecule has 1 aliphatic heterocycles. The Bertz CT molecular complexity index is 749. The van der Waals surface area contributed by atoms with Gasteiger partial charge in [0.05, 0.1) is 5.56 Å². The fourth-order valence-corrected chi connectivity index (χ4v) is 3.09. The molecule has 24 heavy (non-hydrogen) atoms. The molecular weight excluding hydrogens is 326 g/mol. The van der Waals surface area contributed by atoms with Crippen LogP contribution < -0.4 is 10.2 Å². The van der Waals surface area contributed by atoms with Gasteiger partial charge in [0.1, 0.15) is 0 Å². The van der Waals surface area contributed by atoms with Gasteiger partial charge in [-0.15, -0.1) is 0 Å². The van der Waals surface area contributed by atoms with Gasteiger partial charge in [-0.25, -0.2) is 0 Å². The first kappa shape index (κ1) is 16.5. The average molecular weight is 344 g/mol. The first-order valence-corrected chi connectivity index (χ1v) is 8.30. The van der Waals surface area contributed by atoms with Crippen molar-refractivity contribution in [2.24, 2.45) is 0 Å². The van der Waals surface area contributed by atoms with Crippen LogP contribution in [0.25, 0.3) is 0 Å². The first-order valence-electron chi connectivity index (χ1n) is 7.93. The molecule has 3 rings (SSSR count). The van der Waals surface area contributed by atoms with E-state index in [-0.39, 0.29) is 11.8 Å². The van der Waals surface area contributed by atoms with Gasteiger partial charge in [-0.2, -0.15) is 0 Å². The maximum absolute atomic E-state index is 12.4. The number of carbonyl (C=O) groups is 2. The number of fused-ring (bicyclic) bond motifs is 1. The highest BCUT2D eigenvalue weighted by atomic mass is 35.5.